The van der Waals surface area contributed by atoms with E-state index in [0.717, 1.165) is 57.8 Å². The molecule has 0 aromatic carbocycles. The second kappa shape index (κ2) is 33.5. The summed E-state index contributed by atoms with van der Waals surface area (Å²) in [4.78, 5) is 34.0. The number of carbonyl (C=O) groups is 3. The molecule has 3 N–H and O–H groups in total. The molecule has 0 aliphatic carbocycles. The molecule has 45 heavy (non-hydrogen) atoms. The molecule has 3 atom stereocenters. The lowest BCUT2D eigenvalue weighted by molar-refractivity contribution is -0.123. The quantitative estimate of drug-likeness (QED) is 0.0720. The third kappa shape index (κ3) is 28.1. The molecule has 270 valence electrons. The van der Waals surface area contributed by atoms with Gasteiger partial charge in [0.2, 0.25) is 0 Å². The lowest BCUT2D eigenvalue weighted by atomic mass is 9.90. The molecule has 0 unspecified atom stereocenters. The molecule has 0 bridgehead atoms. The van der Waals surface area contributed by atoms with Crippen molar-refractivity contribution in [1.82, 2.24) is 16.0 Å². The minimum absolute atomic E-state index is 0. The summed E-state index contributed by atoms with van der Waals surface area (Å²) < 4.78 is 0. The van der Waals surface area contributed by atoms with Gasteiger partial charge in [-0.1, -0.05) is 79.0 Å². The van der Waals surface area contributed by atoms with E-state index in [-0.39, 0.29) is 56.2 Å². The van der Waals surface area contributed by atoms with Crippen LogP contribution in [0.1, 0.15) is 160 Å². The molecule has 0 aliphatic heterocycles. The van der Waals surface area contributed by atoms with E-state index < -0.39 is 0 Å². The van der Waals surface area contributed by atoms with E-state index in [2.05, 4.69) is 35.7 Å². The Labute approximate surface area is 283 Å². The van der Waals surface area contributed by atoms with Crippen molar-refractivity contribution in [2.75, 3.05) is 21.1 Å². The van der Waals surface area contributed by atoms with Gasteiger partial charge in [0.1, 0.15) is 17.3 Å². The maximum atomic E-state index is 11.4. The summed E-state index contributed by atoms with van der Waals surface area (Å²) in [5, 5.41) is 9.28. The summed E-state index contributed by atoms with van der Waals surface area (Å²) in [6.45, 7) is 21.9. The Bertz CT molecular complexity index is 723. The van der Waals surface area contributed by atoms with Crippen molar-refractivity contribution in [3.8, 4) is 0 Å². The van der Waals surface area contributed by atoms with E-state index in [1.807, 2.05) is 60.1 Å². The van der Waals surface area contributed by atoms with Crippen molar-refractivity contribution in [2.45, 2.75) is 177 Å². The van der Waals surface area contributed by atoms with Crippen molar-refractivity contribution in [3.63, 3.8) is 0 Å². The van der Waals surface area contributed by atoms with Crippen LogP contribution in [0.4, 0.5) is 0 Å². The van der Waals surface area contributed by atoms with E-state index in [1.165, 1.54) is 38.5 Å². The van der Waals surface area contributed by atoms with Gasteiger partial charge in [-0.2, -0.15) is 0 Å². The van der Waals surface area contributed by atoms with Crippen LogP contribution in [0.5, 0.6) is 0 Å². The molecular weight excluding hydrogens is 558 g/mol. The first kappa shape index (κ1) is 55.5. The lowest BCUT2D eigenvalue weighted by Crippen LogP contribution is -2.46. The Balaban J connectivity index is -0.000000123. The number of hydrogen-bond donors (Lipinski definition) is 3. The Morgan fingerprint density at radius 2 is 0.689 bits per heavy atom. The highest BCUT2D eigenvalue weighted by Crippen LogP contribution is 2.18. The summed E-state index contributed by atoms with van der Waals surface area (Å²) in [5.41, 5.74) is -0.986. The molecule has 6 heteroatoms. The molecule has 0 saturated heterocycles. The molecule has 0 heterocycles. The standard InChI is InChI=1S/2C13H25NO.C10H19NO.3CH4/c2*1-5-6-7-8-9-10-11-13(3,14-4)12(2)15;1-5-6-7-8-10(3,11-4)9(2)12;;;/h2*5,14H,1,6-11H2,2-4H3;5,11H,1,6-8H2,2-4H3;3*1H4/t2*13-;10-;;;/m101.../s1. The van der Waals surface area contributed by atoms with Crippen LogP contribution in [0.2, 0.25) is 0 Å². The number of Topliss-reactive ketones (excluding diaryl/α,β-unsaturated/α-hetero) is 3. The minimum atomic E-state index is -0.344. The number of hydrogen-bond acceptors (Lipinski definition) is 6. The van der Waals surface area contributed by atoms with Gasteiger partial charge in [-0.15, -0.1) is 19.7 Å². The first-order chi connectivity index (χ1) is 19.7. The van der Waals surface area contributed by atoms with Gasteiger partial charge < -0.3 is 16.0 Å². The highest BCUT2D eigenvalue weighted by molar-refractivity contribution is 5.86. The lowest BCUT2D eigenvalue weighted by Gasteiger charge is -2.26. The Kier molecular flexibility index (Phi) is 41.3. The van der Waals surface area contributed by atoms with Gasteiger partial charge in [-0.3, -0.25) is 14.4 Å². The van der Waals surface area contributed by atoms with Crippen LogP contribution in [-0.4, -0.2) is 55.1 Å². The number of ketones is 3. The molecule has 0 rings (SSSR count). The number of allylic oxidation sites excluding steroid dienone is 3. The van der Waals surface area contributed by atoms with E-state index in [0.29, 0.717) is 0 Å². The summed E-state index contributed by atoms with van der Waals surface area (Å²) in [6, 6.07) is 0. The second-order valence-electron chi connectivity index (χ2n) is 12.1. The summed E-state index contributed by atoms with van der Waals surface area (Å²) >= 11 is 0. The molecule has 0 aromatic heterocycles. The van der Waals surface area contributed by atoms with Gasteiger partial charge in [0.15, 0.2) is 0 Å². The molecule has 0 aromatic rings. The molecule has 6 nitrogen and oxygen atoms in total. The van der Waals surface area contributed by atoms with Crippen molar-refractivity contribution >= 4 is 17.3 Å². The third-order valence-corrected chi connectivity index (χ3v) is 8.74. The first-order valence-corrected chi connectivity index (χ1v) is 16.1. The zero-order valence-electron chi connectivity index (χ0n) is 29.2. The Morgan fingerprint density at radius 1 is 0.467 bits per heavy atom. The van der Waals surface area contributed by atoms with Crippen LogP contribution in [0.3, 0.4) is 0 Å². The topological polar surface area (TPSA) is 87.3 Å². The summed E-state index contributed by atoms with van der Waals surface area (Å²) in [5.74, 6) is 0.668. The number of rotatable bonds is 24. The van der Waals surface area contributed by atoms with E-state index in [9.17, 15) is 14.4 Å². The zero-order chi connectivity index (χ0) is 33.1. The number of nitrogens with one attached hydrogen (secondary N) is 3. The van der Waals surface area contributed by atoms with Crippen LogP contribution < -0.4 is 16.0 Å². The first-order valence-electron chi connectivity index (χ1n) is 16.1. The molecule has 0 saturated carbocycles. The van der Waals surface area contributed by atoms with Crippen LogP contribution >= 0.6 is 0 Å². The molecule has 0 fully saturated rings. The van der Waals surface area contributed by atoms with Crippen molar-refractivity contribution in [3.05, 3.63) is 38.0 Å². The Hall–Kier alpha value is -1.89. The van der Waals surface area contributed by atoms with Gasteiger partial charge in [-0.05, 0) is 120 Å². The van der Waals surface area contributed by atoms with Crippen molar-refractivity contribution in [2.24, 2.45) is 0 Å². The Morgan fingerprint density at radius 3 is 0.911 bits per heavy atom. The number of likely N-dealkylation sites (N-methyl/N-ethyl adjacent to an activating group) is 3. The van der Waals surface area contributed by atoms with Gasteiger partial charge in [0.25, 0.3) is 0 Å². The largest absolute Gasteiger partial charge is 0.308 e. The van der Waals surface area contributed by atoms with E-state index >= 15 is 0 Å². The summed E-state index contributed by atoms with van der Waals surface area (Å²) in [7, 11) is 5.55. The van der Waals surface area contributed by atoms with Gasteiger partial charge >= 0.3 is 0 Å². The third-order valence-electron chi connectivity index (χ3n) is 8.74. The maximum Gasteiger partial charge on any atom is 0.149 e. The maximum absolute atomic E-state index is 11.4. The average Bonchev–Trinajstić information content (AvgIpc) is 2.96. The minimum Gasteiger partial charge on any atom is -0.308 e. The van der Waals surface area contributed by atoms with E-state index in [4.69, 9.17) is 0 Å². The summed E-state index contributed by atoms with van der Waals surface area (Å²) in [6.07, 6.45) is 22.4. The molecular formula is C39H81N3O3. The monoisotopic (exact) mass is 640 g/mol. The smallest absolute Gasteiger partial charge is 0.149 e. The predicted molar refractivity (Wildman–Crippen MR) is 204 cm³/mol. The SMILES string of the molecule is C.C.C.C=CCCCCCC[C@@](C)(NC)C(C)=O.C=CCCCCCC[C@](C)(NC)C(C)=O.C=CCCC[C@@](C)(NC)C(C)=O. The molecule has 0 spiro atoms. The van der Waals surface area contributed by atoms with Gasteiger partial charge in [0, 0.05) is 0 Å². The van der Waals surface area contributed by atoms with Gasteiger partial charge in [-0.25, -0.2) is 0 Å². The normalized spacial score (nSPS) is 13.8. The average molecular weight is 640 g/mol. The molecule has 0 amide bonds. The highest BCUT2D eigenvalue weighted by atomic mass is 16.1. The fourth-order valence-corrected chi connectivity index (χ4v) is 4.27. The predicted octanol–water partition coefficient (Wildman–Crippen LogP) is 9.98. The number of carbonyl (C=O) groups excluding carboxylic acids is 3. The van der Waals surface area contributed by atoms with E-state index in [1.54, 1.807) is 20.8 Å². The number of unbranched alkanes of at least 4 members (excludes halogenated alkanes) is 9. The fourth-order valence-electron chi connectivity index (χ4n) is 4.27. The zero-order valence-corrected chi connectivity index (χ0v) is 29.2. The van der Waals surface area contributed by atoms with Gasteiger partial charge in [0.05, 0.1) is 16.6 Å². The highest BCUT2D eigenvalue weighted by Gasteiger charge is 2.27. The van der Waals surface area contributed by atoms with Crippen molar-refractivity contribution in [1.29, 1.82) is 0 Å². The van der Waals surface area contributed by atoms with Crippen LogP contribution in [0.25, 0.3) is 0 Å². The molecule has 0 radical (unpaired) electrons. The molecule has 0 aliphatic rings. The second-order valence-corrected chi connectivity index (χ2v) is 12.1. The van der Waals surface area contributed by atoms with Crippen molar-refractivity contribution < 1.29 is 14.4 Å². The fraction of sp³-hybridized carbons (Fsp3) is 0.769. The van der Waals surface area contributed by atoms with Crippen LogP contribution in [0, 0.1) is 0 Å². The van der Waals surface area contributed by atoms with Crippen LogP contribution in [0.15, 0.2) is 38.0 Å². The van der Waals surface area contributed by atoms with Crippen LogP contribution in [-0.2, 0) is 14.4 Å².